The molecule has 106 valence electrons. The first-order valence-corrected chi connectivity index (χ1v) is 6.73. The molecular weight excluding hydrogens is 290 g/mol. The van der Waals surface area contributed by atoms with Gasteiger partial charge < -0.3 is 4.98 Å². The van der Waals surface area contributed by atoms with E-state index in [1.54, 1.807) is 29.8 Å². The summed E-state index contributed by atoms with van der Waals surface area (Å²) in [5.41, 5.74) is 2.25. The molecule has 0 amide bonds. The third-order valence-corrected chi connectivity index (χ3v) is 3.64. The van der Waals surface area contributed by atoms with E-state index in [1.807, 2.05) is 0 Å². The van der Waals surface area contributed by atoms with E-state index >= 15 is 0 Å². The van der Waals surface area contributed by atoms with Crippen LogP contribution in [0.2, 0.25) is 5.02 Å². The molecule has 2 heterocycles. The molecule has 0 fully saturated rings. The second-order valence-corrected chi connectivity index (χ2v) is 5.26. The maximum Gasteiger partial charge on any atom is 0.250 e. The minimum atomic E-state index is -0.237. The zero-order chi connectivity index (χ0) is 15.1. The van der Waals surface area contributed by atoms with Crippen molar-refractivity contribution in [2.24, 2.45) is 0 Å². The number of Topliss-reactive ketones (excluding diaryl/α,β-unsaturated/α-hetero) is 1. The summed E-state index contributed by atoms with van der Waals surface area (Å²) in [6.07, 6.45) is 1.51. The van der Waals surface area contributed by atoms with Crippen molar-refractivity contribution in [2.75, 3.05) is 0 Å². The minimum absolute atomic E-state index is 0.0640. The first kappa shape index (κ1) is 13.6. The fourth-order valence-electron chi connectivity index (χ4n) is 2.38. The highest BCUT2D eigenvalue weighted by molar-refractivity contribution is 6.31. The lowest BCUT2D eigenvalue weighted by atomic mass is 10.1. The van der Waals surface area contributed by atoms with E-state index < -0.39 is 0 Å². The third-order valence-electron chi connectivity index (χ3n) is 3.40. The molecule has 0 aliphatic carbocycles. The molecule has 6 heteroatoms. The summed E-state index contributed by atoms with van der Waals surface area (Å²) in [7, 11) is 0. The number of H-pyrrole nitrogens is 1. The van der Waals surface area contributed by atoms with Crippen LogP contribution in [0.1, 0.15) is 23.0 Å². The Morgan fingerprint density at radius 1 is 1.33 bits per heavy atom. The number of aromatic amines is 1. The normalized spacial score (nSPS) is 11.0. The molecule has 0 aliphatic rings. The Morgan fingerprint density at radius 2 is 2.10 bits per heavy atom. The van der Waals surface area contributed by atoms with E-state index in [-0.39, 0.29) is 11.3 Å². The summed E-state index contributed by atoms with van der Waals surface area (Å²) < 4.78 is 1.59. The van der Waals surface area contributed by atoms with Gasteiger partial charge >= 0.3 is 0 Å². The van der Waals surface area contributed by atoms with E-state index in [0.717, 1.165) is 5.39 Å². The highest BCUT2D eigenvalue weighted by Crippen LogP contribution is 2.24. The average Bonchev–Trinajstić information content (AvgIpc) is 2.80. The fraction of sp³-hybridized carbons (Fsp3) is 0.133. The standard InChI is InChI=1S/C15H12ClN3O2/c1-8-12(9(2)20)7-17-19(8)14-6-15(21)18-13-4-3-10(16)5-11(13)14/h3-7H,1-2H3,(H,18,21). The molecule has 21 heavy (non-hydrogen) atoms. The molecule has 3 rings (SSSR count). The van der Waals surface area contributed by atoms with Gasteiger partial charge in [0.1, 0.15) is 0 Å². The van der Waals surface area contributed by atoms with Gasteiger partial charge in [-0.15, -0.1) is 0 Å². The predicted molar refractivity (Wildman–Crippen MR) is 81.4 cm³/mol. The van der Waals surface area contributed by atoms with Crippen LogP contribution in [0, 0.1) is 6.92 Å². The van der Waals surface area contributed by atoms with Gasteiger partial charge in [0.15, 0.2) is 5.78 Å². The number of hydrogen-bond acceptors (Lipinski definition) is 3. The summed E-state index contributed by atoms with van der Waals surface area (Å²) in [6, 6.07) is 6.66. The maximum absolute atomic E-state index is 11.8. The van der Waals surface area contributed by atoms with Crippen LogP contribution in [0.3, 0.4) is 0 Å². The van der Waals surface area contributed by atoms with Gasteiger partial charge in [0.2, 0.25) is 0 Å². The summed E-state index contributed by atoms with van der Waals surface area (Å²) in [6.45, 7) is 3.28. The Bertz CT molecular complexity index is 924. The molecule has 3 aromatic rings. The lowest BCUT2D eigenvalue weighted by molar-refractivity contribution is 0.101. The van der Waals surface area contributed by atoms with Crippen LogP contribution in [-0.4, -0.2) is 20.5 Å². The fourth-order valence-corrected chi connectivity index (χ4v) is 2.55. The largest absolute Gasteiger partial charge is 0.322 e. The molecule has 1 N–H and O–H groups in total. The SMILES string of the molecule is CC(=O)c1cnn(-c2cc(=O)[nH]c3ccc(Cl)cc23)c1C. The molecule has 0 bridgehead atoms. The van der Waals surface area contributed by atoms with Crippen molar-refractivity contribution in [1.29, 1.82) is 0 Å². The average molecular weight is 302 g/mol. The smallest absolute Gasteiger partial charge is 0.250 e. The van der Waals surface area contributed by atoms with Gasteiger partial charge in [0.25, 0.3) is 5.56 Å². The zero-order valence-electron chi connectivity index (χ0n) is 11.5. The quantitative estimate of drug-likeness (QED) is 0.740. The lowest BCUT2D eigenvalue weighted by Crippen LogP contribution is -2.10. The Morgan fingerprint density at radius 3 is 2.76 bits per heavy atom. The van der Waals surface area contributed by atoms with Crippen LogP contribution >= 0.6 is 11.6 Å². The molecule has 2 aromatic heterocycles. The van der Waals surface area contributed by atoms with Crippen LogP contribution in [0.4, 0.5) is 0 Å². The molecule has 0 aliphatic heterocycles. The van der Waals surface area contributed by atoms with Gasteiger partial charge in [-0.3, -0.25) is 9.59 Å². The molecule has 0 radical (unpaired) electrons. The van der Waals surface area contributed by atoms with Crippen molar-refractivity contribution in [2.45, 2.75) is 13.8 Å². The monoisotopic (exact) mass is 301 g/mol. The topological polar surface area (TPSA) is 67.8 Å². The molecule has 0 spiro atoms. The number of rotatable bonds is 2. The number of carbonyl (C=O) groups is 1. The van der Waals surface area contributed by atoms with Crippen molar-refractivity contribution >= 4 is 28.3 Å². The highest BCUT2D eigenvalue weighted by atomic mass is 35.5. The van der Waals surface area contributed by atoms with Gasteiger partial charge in [-0.2, -0.15) is 5.10 Å². The van der Waals surface area contributed by atoms with Crippen molar-refractivity contribution in [3.8, 4) is 5.69 Å². The molecule has 5 nitrogen and oxygen atoms in total. The van der Waals surface area contributed by atoms with Crippen LogP contribution in [0.25, 0.3) is 16.6 Å². The molecule has 0 unspecified atom stereocenters. The van der Waals surface area contributed by atoms with Gasteiger partial charge in [-0.25, -0.2) is 4.68 Å². The molecule has 0 saturated carbocycles. The minimum Gasteiger partial charge on any atom is -0.322 e. The van der Waals surface area contributed by atoms with Gasteiger partial charge in [0.05, 0.1) is 28.7 Å². The number of benzene rings is 1. The van der Waals surface area contributed by atoms with Gasteiger partial charge in [0, 0.05) is 16.5 Å². The maximum atomic E-state index is 11.8. The summed E-state index contributed by atoms with van der Waals surface area (Å²) in [5.74, 6) is -0.0640. The molecular formula is C15H12ClN3O2. The van der Waals surface area contributed by atoms with Gasteiger partial charge in [-0.1, -0.05) is 11.6 Å². The predicted octanol–water partition coefficient (Wildman–Crippen LogP) is 2.88. The first-order chi connectivity index (χ1) is 9.97. The zero-order valence-corrected chi connectivity index (χ0v) is 12.2. The Kier molecular flexibility index (Phi) is 3.14. The molecule has 1 aromatic carbocycles. The number of ketones is 1. The van der Waals surface area contributed by atoms with Crippen LogP contribution in [-0.2, 0) is 0 Å². The second kappa shape index (κ2) is 4.86. The lowest BCUT2D eigenvalue weighted by Gasteiger charge is -2.09. The van der Waals surface area contributed by atoms with Crippen LogP contribution in [0.5, 0.6) is 0 Å². The number of nitrogens with zero attached hydrogens (tertiary/aromatic N) is 2. The van der Waals surface area contributed by atoms with Crippen molar-refractivity contribution < 1.29 is 4.79 Å². The van der Waals surface area contributed by atoms with Crippen molar-refractivity contribution in [1.82, 2.24) is 14.8 Å². The van der Waals surface area contributed by atoms with Gasteiger partial charge in [-0.05, 0) is 32.0 Å². The number of halogens is 1. The van der Waals surface area contributed by atoms with E-state index in [2.05, 4.69) is 10.1 Å². The van der Waals surface area contributed by atoms with E-state index in [1.165, 1.54) is 19.2 Å². The number of fused-ring (bicyclic) bond motifs is 1. The Labute approximate surface area is 125 Å². The second-order valence-electron chi connectivity index (χ2n) is 4.82. The number of nitrogens with one attached hydrogen (secondary N) is 1. The van der Waals surface area contributed by atoms with Crippen molar-refractivity contribution in [3.05, 3.63) is 57.1 Å². The van der Waals surface area contributed by atoms with Crippen LogP contribution in [0.15, 0.2) is 35.3 Å². The summed E-state index contributed by atoms with van der Waals surface area (Å²) in [4.78, 5) is 26.1. The Hall–Kier alpha value is -2.40. The number of pyridine rings is 1. The van der Waals surface area contributed by atoms with Crippen LogP contribution < -0.4 is 5.56 Å². The molecule has 0 atom stereocenters. The number of carbonyl (C=O) groups excluding carboxylic acids is 1. The number of hydrogen-bond donors (Lipinski definition) is 1. The third kappa shape index (κ3) is 2.25. The summed E-state index contributed by atoms with van der Waals surface area (Å²) >= 11 is 6.04. The van der Waals surface area contributed by atoms with E-state index in [4.69, 9.17) is 11.6 Å². The molecule has 0 saturated heterocycles. The van der Waals surface area contributed by atoms with Crippen molar-refractivity contribution in [3.63, 3.8) is 0 Å². The van der Waals surface area contributed by atoms with E-state index in [0.29, 0.717) is 27.5 Å². The van der Waals surface area contributed by atoms with E-state index in [9.17, 15) is 9.59 Å². The Balaban J connectivity index is 2.37. The number of aromatic nitrogens is 3. The summed E-state index contributed by atoms with van der Waals surface area (Å²) in [5, 5.41) is 5.56. The highest BCUT2D eigenvalue weighted by Gasteiger charge is 2.14. The first-order valence-electron chi connectivity index (χ1n) is 6.36.